The van der Waals surface area contributed by atoms with E-state index in [9.17, 15) is 4.21 Å². The van der Waals surface area contributed by atoms with Gasteiger partial charge >= 0.3 is 0 Å². The summed E-state index contributed by atoms with van der Waals surface area (Å²) in [5.74, 6) is 1.74. The van der Waals surface area contributed by atoms with Crippen LogP contribution in [0.5, 0.6) is 0 Å². The Kier molecular flexibility index (Phi) is 4.54. The van der Waals surface area contributed by atoms with Crippen LogP contribution in [0, 0.1) is 0 Å². The summed E-state index contributed by atoms with van der Waals surface area (Å²) in [6.45, 7) is 2.00. The molecule has 1 aromatic heterocycles. The zero-order chi connectivity index (χ0) is 11.2. The average Bonchev–Trinajstić information content (AvgIpc) is 2.80. The highest BCUT2D eigenvalue weighted by Crippen LogP contribution is 2.08. The van der Waals surface area contributed by atoms with Gasteiger partial charge in [-0.1, -0.05) is 0 Å². The van der Waals surface area contributed by atoms with Crippen LogP contribution in [-0.2, 0) is 17.3 Å². The van der Waals surface area contributed by atoms with E-state index in [-0.39, 0.29) is 0 Å². The Morgan fingerprint density at radius 1 is 1.44 bits per heavy atom. The molecule has 1 N–H and O–H groups in total. The lowest BCUT2D eigenvalue weighted by Gasteiger charge is -2.22. The molecule has 5 heteroatoms. The van der Waals surface area contributed by atoms with Gasteiger partial charge in [0.2, 0.25) is 0 Å². The molecule has 1 fully saturated rings. The Balaban J connectivity index is 1.56. The molecule has 2 heterocycles. The zero-order valence-corrected chi connectivity index (χ0v) is 10.3. The van der Waals surface area contributed by atoms with Crippen LogP contribution in [0.1, 0.15) is 19.3 Å². The van der Waals surface area contributed by atoms with Gasteiger partial charge in [0.05, 0.1) is 0 Å². The maximum absolute atomic E-state index is 11.2. The molecule has 0 amide bonds. The van der Waals surface area contributed by atoms with E-state index in [2.05, 4.69) is 10.4 Å². The highest BCUT2D eigenvalue weighted by molar-refractivity contribution is 7.85. The van der Waals surface area contributed by atoms with Crippen molar-refractivity contribution in [2.45, 2.75) is 31.8 Å². The first kappa shape index (κ1) is 11.8. The fourth-order valence-corrected chi connectivity index (χ4v) is 3.28. The lowest BCUT2D eigenvalue weighted by Crippen LogP contribution is -2.36. The lowest BCUT2D eigenvalue weighted by atomic mass is 10.1. The Hall–Kier alpha value is -0.680. The van der Waals surface area contributed by atoms with Crippen LogP contribution in [0.25, 0.3) is 0 Å². The second kappa shape index (κ2) is 6.15. The molecule has 0 atom stereocenters. The van der Waals surface area contributed by atoms with E-state index >= 15 is 0 Å². The Bertz CT molecular complexity index is 316. The van der Waals surface area contributed by atoms with E-state index in [0.717, 1.165) is 43.9 Å². The average molecular weight is 241 g/mol. The van der Waals surface area contributed by atoms with Gasteiger partial charge in [-0.05, 0) is 31.9 Å². The minimum atomic E-state index is -0.547. The lowest BCUT2D eigenvalue weighted by molar-refractivity contribution is 0.452. The third kappa shape index (κ3) is 3.72. The minimum absolute atomic E-state index is 0.547. The molecule has 0 spiro atoms. The number of hydrogen-bond acceptors (Lipinski definition) is 3. The summed E-state index contributed by atoms with van der Waals surface area (Å²) in [4.78, 5) is 0. The molecule has 0 aliphatic carbocycles. The molecule has 1 aliphatic rings. The number of rotatable bonds is 5. The van der Waals surface area contributed by atoms with Gasteiger partial charge in [0, 0.05) is 47.3 Å². The highest BCUT2D eigenvalue weighted by atomic mass is 32.2. The van der Waals surface area contributed by atoms with Crippen LogP contribution in [0.3, 0.4) is 0 Å². The number of nitrogens with one attached hydrogen (secondary N) is 1. The Morgan fingerprint density at radius 3 is 2.94 bits per heavy atom. The summed E-state index contributed by atoms with van der Waals surface area (Å²) in [5.41, 5.74) is 0. The van der Waals surface area contributed by atoms with E-state index in [4.69, 9.17) is 0 Å². The smallest absolute Gasteiger partial charge is 0.0489 e. The van der Waals surface area contributed by atoms with E-state index in [0.29, 0.717) is 6.04 Å². The standard InChI is InChI=1S/C11H19N3OS/c15-16-9-3-11(4-10-16)12-5-1-7-14-8-2-6-13-14/h2,6,8,11-12H,1,3-5,7,9-10H2. The summed E-state index contributed by atoms with van der Waals surface area (Å²) >= 11 is 0. The second-order valence-electron chi connectivity index (χ2n) is 4.20. The van der Waals surface area contributed by atoms with Gasteiger partial charge in [0.15, 0.2) is 0 Å². The number of hydrogen-bond donors (Lipinski definition) is 1. The summed E-state index contributed by atoms with van der Waals surface area (Å²) in [7, 11) is -0.547. The zero-order valence-electron chi connectivity index (χ0n) is 9.47. The molecule has 0 unspecified atom stereocenters. The molecule has 0 aromatic carbocycles. The van der Waals surface area contributed by atoms with Crippen LogP contribution in [0.4, 0.5) is 0 Å². The van der Waals surface area contributed by atoms with Crippen LogP contribution < -0.4 is 5.32 Å². The minimum Gasteiger partial charge on any atom is -0.314 e. The third-order valence-corrected chi connectivity index (χ3v) is 4.33. The Labute approximate surface area is 98.9 Å². The van der Waals surface area contributed by atoms with Gasteiger partial charge in [-0.3, -0.25) is 8.89 Å². The molecule has 16 heavy (non-hydrogen) atoms. The molecule has 1 aliphatic heterocycles. The van der Waals surface area contributed by atoms with Crippen LogP contribution in [0.2, 0.25) is 0 Å². The van der Waals surface area contributed by atoms with Crippen molar-refractivity contribution >= 4 is 10.8 Å². The van der Waals surface area contributed by atoms with Crippen molar-refractivity contribution < 1.29 is 4.21 Å². The normalized spacial score (nSPS) is 25.8. The molecule has 4 nitrogen and oxygen atoms in total. The number of aromatic nitrogens is 2. The van der Waals surface area contributed by atoms with E-state index < -0.39 is 10.8 Å². The van der Waals surface area contributed by atoms with Crippen molar-refractivity contribution in [3.8, 4) is 0 Å². The van der Waals surface area contributed by atoms with Gasteiger partial charge in [-0.25, -0.2) is 0 Å². The third-order valence-electron chi connectivity index (χ3n) is 2.94. The molecule has 0 radical (unpaired) electrons. The van der Waals surface area contributed by atoms with Crippen molar-refractivity contribution in [2.24, 2.45) is 0 Å². The summed E-state index contributed by atoms with van der Waals surface area (Å²) in [5, 5.41) is 7.69. The first-order chi connectivity index (χ1) is 7.84. The summed E-state index contributed by atoms with van der Waals surface area (Å²) < 4.78 is 13.1. The van der Waals surface area contributed by atoms with Gasteiger partial charge in [0.25, 0.3) is 0 Å². The van der Waals surface area contributed by atoms with Crippen molar-refractivity contribution in [1.82, 2.24) is 15.1 Å². The summed E-state index contributed by atoms with van der Waals surface area (Å²) in [6, 6.07) is 2.53. The van der Waals surface area contributed by atoms with Crippen molar-refractivity contribution in [3.05, 3.63) is 18.5 Å². The second-order valence-corrected chi connectivity index (χ2v) is 5.90. The fourth-order valence-electron chi connectivity index (χ4n) is 1.98. The topological polar surface area (TPSA) is 46.9 Å². The predicted octanol–water partition coefficient (Wildman–Crippen LogP) is 0.774. The van der Waals surface area contributed by atoms with Gasteiger partial charge in [0.1, 0.15) is 0 Å². The van der Waals surface area contributed by atoms with E-state index in [1.54, 1.807) is 0 Å². The largest absolute Gasteiger partial charge is 0.314 e. The molecule has 0 saturated carbocycles. The molecule has 2 rings (SSSR count). The monoisotopic (exact) mass is 241 g/mol. The van der Waals surface area contributed by atoms with Crippen LogP contribution in [0.15, 0.2) is 18.5 Å². The maximum atomic E-state index is 11.2. The number of nitrogens with zero attached hydrogens (tertiary/aromatic N) is 2. The molecule has 90 valence electrons. The first-order valence-corrected chi connectivity index (χ1v) is 7.39. The van der Waals surface area contributed by atoms with E-state index in [1.165, 1.54) is 0 Å². The SMILES string of the molecule is O=S1CCC(NCCCn2cccn2)CC1. The van der Waals surface area contributed by atoms with E-state index in [1.807, 2.05) is 23.1 Å². The Morgan fingerprint density at radius 2 is 2.25 bits per heavy atom. The highest BCUT2D eigenvalue weighted by Gasteiger charge is 2.16. The van der Waals surface area contributed by atoms with Crippen molar-refractivity contribution in [1.29, 1.82) is 0 Å². The fraction of sp³-hybridized carbons (Fsp3) is 0.727. The molecule has 1 aromatic rings. The molecular formula is C11H19N3OS. The predicted molar refractivity (Wildman–Crippen MR) is 65.7 cm³/mol. The molecule has 0 bridgehead atoms. The van der Waals surface area contributed by atoms with Crippen LogP contribution in [-0.4, -0.2) is 38.1 Å². The molecular weight excluding hydrogens is 222 g/mol. The van der Waals surface area contributed by atoms with Gasteiger partial charge < -0.3 is 5.32 Å². The first-order valence-electron chi connectivity index (χ1n) is 5.90. The quantitative estimate of drug-likeness (QED) is 0.775. The summed E-state index contributed by atoms with van der Waals surface area (Å²) in [6.07, 6.45) is 7.03. The van der Waals surface area contributed by atoms with Gasteiger partial charge in [-0.15, -0.1) is 0 Å². The molecule has 1 saturated heterocycles. The van der Waals surface area contributed by atoms with Crippen LogP contribution >= 0.6 is 0 Å². The number of aryl methyl sites for hydroxylation is 1. The van der Waals surface area contributed by atoms with Gasteiger partial charge in [-0.2, -0.15) is 5.10 Å². The van der Waals surface area contributed by atoms with Crippen molar-refractivity contribution in [2.75, 3.05) is 18.1 Å². The maximum Gasteiger partial charge on any atom is 0.0489 e. The van der Waals surface area contributed by atoms with Crippen molar-refractivity contribution in [3.63, 3.8) is 0 Å².